The Morgan fingerprint density at radius 3 is 2.12 bits per heavy atom. The highest BCUT2D eigenvalue weighted by Gasteiger charge is 2.20. The summed E-state index contributed by atoms with van der Waals surface area (Å²) in [4.78, 5) is 40.2. The summed E-state index contributed by atoms with van der Waals surface area (Å²) < 4.78 is 0. The molecule has 2 unspecified atom stereocenters. The molecule has 7 heteroatoms. The maximum atomic E-state index is 11.0. The van der Waals surface area contributed by atoms with Crippen LogP contribution in [0.4, 0.5) is 0 Å². The number of rotatable bonds is 5. The first kappa shape index (κ1) is 14.5. The van der Waals surface area contributed by atoms with Gasteiger partial charge in [-0.05, 0) is 20.3 Å². The minimum absolute atomic E-state index is 0.109. The standard InChI is InChI=1S/C9H14O7/c1-5(10)3-4-7(12)9(14)16-15-8(13)6(2)11/h5-6,10-11H,3-4H2,1-2H3. The third kappa shape index (κ3) is 6.10. The Bertz CT molecular complexity index is 269. The fourth-order valence-corrected chi connectivity index (χ4v) is 0.637. The number of ketones is 1. The fourth-order valence-electron chi connectivity index (χ4n) is 0.637. The Kier molecular flexibility index (Phi) is 6.28. The molecular weight excluding hydrogens is 220 g/mol. The summed E-state index contributed by atoms with van der Waals surface area (Å²) in [5.74, 6) is -3.43. The molecule has 0 aliphatic rings. The number of hydrogen-bond acceptors (Lipinski definition) is 7. The van der Waals surface area contributed by atoms with Crippen molar-refractivity contribution in [2.45, 2.75) is 38.9 Å². The van der Waals surface area contributed by atoms with Crippen LogP contribution in [0, 0.1) is 0 Å². The summed E-state index contributed by atoms with van der Waals surface area (Å²) in [6.07, 6.45) is -2.25. The van der Waals surface area contributed by atoms with Crippen molar-refractivity contribution in [1.29, 1.82) is 0 Å². The molecule has 0 aliphatic carbocycles. The van der Waals surface area contributed by atoms with Gasteiger partial charge in [0.15, 0.2) is 6.10 Å². The quantitative estimate of drug-likeness (QED) is 0.360. The number of aliphatic hydroxyl groups is 2. The highest BCUT2D eigenvalue weighted by molar-refractivity contribution is 6.33. The van der Waals surface area contributed by atoms with Gasteiger partial charge in [-0.2, -0.15) is 0 Å². The topological polar surface area (TPSA) is 110 Å². The van der Waals surface area contributed by atoms with Crippen LogP contribution in [-0.2, 0) is 24.2 Å². The van der Waals surface area contributed by atoms with Crippen molar-refractivity contribution in [3.05, 3.63) is 0 Å². The van der Waals surface area contributed by atoms with Crippen molar-refractivity contribution in [2.75, 3.05) is 0 Å². The predicted octanol–water partition coefficient (Wildman–Crippen LogP) is -0.901. The van der Waals surface area contributed by atoms with Crippen molar-refractivity contribution in [1.82, 2.24) is 0 Å². The first-order valence-corrected chi connectivity index (χ1v) is 4.66. The SMILES string of the molecule is CC(O)CCC(=O)C(=O)OOC(=O)C(C)O. The van der Waals surface area contributed by atoms with Crippen LogP contribution in [0.15, 0.2) is 0 Å². The average molecular weight is 234 g/mol. The Morgan fingerprint density at radius 1 is 1.12 bits per heavy atom. The minimum atomic E-state index is -1.44. The van der Waals surface area contributed by atoms with E-state index in [4.69, 9.17) is 10.2 Å². The van der Waals surface area contributed by atoms with E-state index in [1.54, 1.807) is 0 Å². The van der Waals surface area contributed by atoms with E-state index in [0.717, 1.165) is 6.92 Å². The van der Waals surface area contributed by atoms with E-state index < -0.39 is 29.9 Å². The lowest BCUT2D eigenvalue weighted by atomic mass is 10.1. The Labute approximate surface area is 91.9 Å². The van der Waals surface area contributed by atoms with Gasteiger partial charge < -0.3 is 10.2 Å². The fraction of sp³-hybridized carbons (Fsp3) is 0.667. The maximum absolute atomic E-state index is 11.0. The molecule has 0 heterocycles. The zero-order valence-electron chi connectivity index (χ0n) is 9.00. The molecule has 0 saturated carbocycles. The van der Waals surface area contributed by atoms with Gasteiger partial charge in [-0.1, -0.05) is 0 Å². The molecule has 0 aliphatic heterocycles. The van der Waals surface area contributed by atoms with Crippen molar-refractivity contribution < 1.29 is 34.4 Å². The van der Waals surface area contributed by atoms with Crippen LogP contribution >= 0.6 is 0 Å². The van der Waals surface area contributed by atoms with Gasteiger partial charge in [0.1, 0.15) is 0 Å². The normalized spacial score (nSPS) is 13.8. The Balaban J connectivity index is 3.89. The van der Waals surface area contributed by atoms with Crippen LogP contribution in [0.1, 0.15) is 26.7 Å². The third-order valence-electron chi connectivity index (χ3n) is 1.56. The van der Waals surface area contributed by atoms with Gasteiger partial charge in [-0.15, -0.1) is 0 Å². The molecule has 0 aromatic rings. The van der Waals surface area contributed by atoms with Crippen molar-refractivity contribution >= 4 is 17.7 Å². The van der Waals surface area contributed by atoms with Crippen LogP contribution in [0.2, 0.25) is 0 Å². The molecule has 2 N–H and O–H groups in total. The van der Waals surface area contributed by atoms with E-state index >= 15 is 0 Å². The number of Topliss-reactive ketones (excluding diaryl/α,β-unsaturated/α-hetero) is 1. The van der Waals surface area contributed by atoms with E-state index in [1.165, 1.54) is 6.92 Å². The van der Waals surface area contributed by atoms with Gasteiger partial charge in [-0.3, -0.25) is 4.79 Å². The average Bonchev–Trinajstić information content (AvgIpc) is 2.21. The molecule has 2 atom stereocenters. The second kappa shape index (κ2) is 6.91. The van der Waals surface area contributed by atoms with Crippen LogP contribution in [0.5, 0.6) is 0 Å². The van der Waals surface area contributed by atoms with E-state index in [9.17, 15) is 14.4 Å². The molecule has 0 radical (unpaired) electrons. The minimum Gasteiger partial charge on any atom is -0.393 e. The van der Waals surface area contributed by atoms with Crippen molar-refractivity contribution in [3.8, 4) is 0 Å². The van der Waals surface area contributed by atoms with E-state index in [2.05, 4.69) is 9.78 Å². The molecule has 0 fully saturated rings. The highest BCUT2D eigenvalue weighted by Crippen LogP contribution is 1.99. The summed E-state index contributed by atoms with van der Waals surface area (Å²) >= 11 is 0. The molecule has 0 saturated heterocycles. The molecule has 0 amide bonds. The monoisotopic (exact) mass is 234 g/mol. The lowest BCUT2D eigenvalue weighted by Gasteiger charge is -2.04. The predicted molar refractivity (Wildman–Crippen MR) is 49.8 cm³/mol. The van der Waals surface area contributed by atoms with E-state index in [-0.39, 0.29) is 12.8 Å². The van der Waals surface area contributed by atoms with Crippen molar-refractivity contribution in [2.24, 2.45) is 0 Å². The Morgan fingerprint density at radius 2 is 1.69 bits per heavy atom. The third-order valence-corrected chi connectivity index (χ3v) is 1.56. The van der Waals surface area contributed by atoms with E-state index in [1.807, 2.05) is 0 Å². The van der Waals surface area contributed by atoms with Crippen LogP contribution in [0.3, 0.4) is 0 Å². The lowest BCUT2D eigenvalue weighted by Crippen LogP contribution is -2.25. The van der Waals surface area contributed by atoms with Gasteiger partial charge in [-0.25, -0.2) is 19.4 Å². The summed E-state index contributed by atoms with van der Waals surface area (Å²) in [5, 5.41) is 17.5. The first-order valence-electron chi connectivity index (χ1n) is 4.66. The van der Waals surface area contributed by atoms with Crippen LogP contribution in [-0.4, -0.2) is 40.1 Å². The lowest BCUT2D eigenvalue weighted by molar-refractivity contribution is -0.261. The molecule has 0 spiro atoms. The van der Waals surface area contributed by atoms with Crippen molar-refractivity contribution in [3.63, 3.8) is 0 Å². The van der Waals surface area contributed by atoms with Gasteiger partial charge in [0.2, 0.25) is 5.78 Å². The number of aliphatic hydroxyl groups excluding tert-OH is 2. The summed E-state index contributed by atoms with van der Waals surface area (Å²) in [6.45, 7) is 2.58. The van der Waals surface area contributed by atoms with Crippen LogP contribution < -0.4 is 0 Å². The molecule has 0 bridgehead atoms. The maximum Gasteiger partial charge on any atom is 0.421 e. The second-order valence-corrected chi connectivity index (χ2v) is 3.26. The molecule has 0 aromatic heterocycles. The van der Waals surface area contributed by atoms with Gasteiger partial charge in [0.25, 0.3) is 0 Å². The number of hydrogen-bond donors (Lipinski definition) is 2. The largest absolute Gasteiger partial charge is 0.421 e. The van der Waals surface area contributed by atoms with Gasteiger partial charge >= 0.3 is 11.9 Å². The molecule has 0 rings (SSSR count). The number of carbonyl (C=O) groups excluding carboxylic acids is 3. The molecule has 16 heavy (non-hydrogen) atoms. The van der Waals surface area contributed by atoms with Gasteiger partial charge in [0, 0.05) is 6.42 Å². The van der Waals surface area contributed by atoms with Gasteiger partial charge in [0.05, 0.1) is 6.10 Å². The summed E-state index contributed by atoms with van der Waals surface area (Å²) in [6, 6.07) is 0. The zero-order valence-corrected chi connectivity index (χ0v) is 9.00. The summed E-state index contributed by atoms with van der Waals surface area (Å²) in [7, 11) is 0. The summed E-state index contributed by atoms with van der Waals surface area (Å²) in [5.41, 5.74) is 0. The molecule has 92 valence electrons. The van der Waals surface area contributed by atoms with Crippen LogP contribution in [0.25, 0.3) is 0 Å². The second-order valence-electron chi connectivity index (χ2n) is 3.26. The Hall–Kier alpha value is -1.47. The molecular formula is C9H14O7. The number of carbonyl (C=O) groups is 3. The molecule has 0 aromatic carbocycles. The zero-order chi connectivity index (χ0) is 12.7. The van der Waals surface area contributed by atoms with E-state index in [0.29, 0.717) is 0 Å². The molecule has 7 nitrogen and oxygen atoms in total. The smallest absolute Gasteiger partial charge is 0.393 e. The first-order chi connectivity index (χ1) is 7.34. The highest BCUT2D eigenvalue weighted by atomic mass is 17.2.